The molecule has 15 heavy (non-hydrogen) atoms. The van der Waals surface area contributed by atoms with Crippen molar-refractivity contribution >= 4 is 17.5 Å². The lowest BCUT2D eigenvalue weighted by Crippen LogP contribution is -2.39. The largest absolute Gasteiger partial charge is 0.383 e. The number of aromatic nitrogens is 2. The molecule has 1 N–H and O–H groups in total. The molecule has 0 bridgehead atoms. The van der Waals surface area contributed by atoms with Crippen LogP contribution in [0.15, 0.2) is 18.7 Å². The molecule has 1 rings (SSSR count). The van der Waals surface area contributed by atoms with Gasteiger partial charge in [-0.05, 0) is 0 Å². The standard InChI is InChI=1S/C9H12ClN3O2/c1-15-5-8(2-10)13-9(14)7-3-11-6-12-4-7/h3-4,6,8H,2,5H2,1H3,(H,13,14). The van der Waals surface area contributed by atoms with Crippen LogP contribution in [0.25, 0.3) is 0 Å². The molecule has 1 atom stereocenters. The number of methoxy groups -OCH3 is 1. The predicted molar refractivity (Wildman–Crippen MR) is 55.9 cm³/mol. The Labute approximate surface area is 92.8 Å². The molecule has 0 radical (unpaired) electrons. The monoisotopic (exact) mass is 229 g/mol. The summed E-state index contributed by atoms with van der Waals surface area (Å²) in [6.45, 7) is 0.378. The summed E-state index contributed by atoms with van der Waals surface area (Å²) in [5, 5.41) is 2.71. The summed E-state index contributed by atoms with van der Waals surface area (Å²) in [6.07, 6.45) is 4.26. The van der Waals surface area contributed by atoms with Gasteiger partial charge in [-0.2, -0.15) is 0 Å². The van der Waals surface area contributed by atoms with Crippen molar-refractivity contribution in [1.29, 1.82) is 0 Å². The number of ether oxygens (including phenoxy) is 1. The van der Waals surface area contributed by atoms with E-state index in [1.165, 1.54) is 18.7 Å². The summed E-state index contributed by atoms with van der Waals surface area (Å²) in [5.41, 5.74) is 0.406. The van der Waals surface area contributed by atoms with Crippen LogP contribution in [0, 0.1) is 0 Å². The first-order valence-electron chi connectivity index (χ1n) is 4.38. The molecule has 1 aromatic heterocycles. The maximum absolute atomic E-state index is 11.6. The number of amides is 1. The number of nitrogens with one attached hydrogen (secondary N) is 1. The Bertz CT molecular complexity index is 307. The molecular formula is C9H12ClN3O2. The van der Waals surface area contributed by atoms with Gasteiger partial charge in [0.2, 0.25) is 0 Å². The van der Waals surface area contributed by atoms with Gasteiger partial charge < -0.3 is 10.1 Å². The summed E-state index contributed by atoms with van der Waals surface area (Å²) in [5.74, 6) is 0.0473. The Kier molecular flexibility index (Phi) is 5.00. The first kappa shape index (κ1) is 11.9. The SMILES string of the molecule is COCC(CCl)NC(=O)c1cncnc1. The molecule has 82 valence electrons. The molecule has 0 aliphatic rings. The van der Waals surface area contributed by atoms with Gasteiger partial charge in [0, 0.05) is 25.4 Å². The number of hydrogen-bond donors (Lipinski definition) is 1. The van der Waals surface area contributed by atoms with Crippen molar-refractivity contribution in [2.45, 2.75) is 6.04 Å². The van der Waals surface area contributed by atoms with E-state index in [2.05, 4.69) is 15.3 Å². The van der Waals surface area contributed by atoms with E-state index < -0.39 is 0 Å². The second-order valence-corrected chi connectivity index (χ2v) is 3.22. The molecule has 0 aromatic carbocycles. The van der Waals surface area contributed by atoms with Gasteiger partial charge >= 0.3 is 0 Å². The number of rotatable bonds is 5. The van der Waals surface area contributed by atoms with Gasteiger partial charge in [0.25, 0.3) is 5.91 Å². The Morgan fingerprint density at radius 2 is 2.27 bits per heavy atom. The summed E-state index contributed by atoms with van der Waals surface area (Å²) in [4.78, 5) is 19.1. The van der Waals surface area contributed by atoms with E-state index >= 15 is 0 Å². The normalized spacial score (nSPS) is 12.1. The third kappa shape index (κ3) is 3.81. The second kappa shape index (κ2) is 6.31. The zero-order chi connectivity index (χ0) is 11.1. The topological polar surface area (TPSA) is 64.1 Å². The molecule has 0 aliphatic heterocycles. The average molecular weight is 230 g/mol. The zero-order valence-electron chi connectivity index (χ0n) is 8.31. The summed E-state index contributed by atoms with van der Waals surface area (Å²) < 4.78 is 4.90. The van der Waals surface area contributed by atoms with Gasteiger partial charge in [-0.25, -0.2) is 9.97 Å². The third-order valence-corrected chi connectivity index (χ3v) is 2.08. The predicted octanol–water partition coefficient (Wildman–Crippen LogP) is 0.460. The number of nitrogens with zero attached hydrogens (tertiary/aromatic N) is 2. The van der Waals surface area contributed by atoms with Crippen LogP contribution in [0.4, 0.5) is 0 Å². The number of hydrogen-bond acceptors (Lipinski definition) is 4. The Hall–Kier alpha value is -1.20. The third-order valence-electron chi connectivity index (χ3n) is 1.71. The van der Waals surface area contributed by atoms with Gasteiger partial charge in [0.15, 0.2) is 0 Å². The summed E-state index contributed by atoms with van der Waals surface area (Å²) >= 11 is 5.65. The van der Waals surface area contributed by atoms with Crippen molar-refractivity contribution in [2.24, 2.45) is 0 Å². The van der Waals surface area contributed by atoms with E-state index in [1.807, 2.05) is 0 Å². The zero-order valence-corrected chi connectivity index (χ0v) is 9.07. The molecule has 0 spiro atoms. The van der Waals surface area contributed by atoms with Gasteiger partial charge in [-0.15, -0.1) is 11.6 Å². The lowest BCUT2D eigenvalue weighted by molar-refractivity contribution is 0.0906. The van der Waals surface area contributed by atoms with E-state index in [-0.39, 0.29) is 11.9 Å². The van der Waals surface area contributed by atoms with Crippen molar-refractivity contribution in [1.82, 2.24) is 15.3 Å². The van der Waals surface area contributed by atoms with Gasteiger partial charge in [0.1, 0.15) is 6.33 Å². The van der Waals surface area contributed by atoms with Gasteiger partial charge in [-0.1, -0.05) is 0 Å². The fraction of sp³-hybridized carbons (Fsp3) is 0.444. The second-order valence-electron chi connectivity index (χ2n) is 2.91. The molecule has 6 heteroatoms. The van der Waals surface area contributed by atoms with Crippen LogP contribution < -0.4 is 5.32 Å². The Balaban J connectivity index is 2.55. The van der Waals surface area contributed by atoms with Crippen molar-refractivity contribution in [3.8, 4) is 0 Å². The Morgan fingerprint density at radius 3 is 2.80 bits per heavy atom. The first-order valence-corrected chi connectivity index (χ1v) is 4.92. The quantitative estimate of drug-likeness (QED) is 0.746. The highest BCUT2D eigenvalue weighted by molar-refractivity contribution is 6.18. The minimum absolute atomic E-state index is 0.204. The van der Waals surface area contributed by atoms with Crippen LogP contribution in [0.5, 0.6) is 0 Å². The Morgan fingerprint density at radius 1 is 1.60 bits per heavy atom. The van der Waals surface area contributed by atoms with Gasteiger partial charge in [-0.3, -0.25) is 4.79 Å². The van der Waals surface area contributed by atoms with Crippen LogP contribution in [0.1, 0.15) is 10.4 Å². The number of carbonyl (C=O) groups is 1. The van der Waals surface area contributed by atoms with E-state index in [1.54, 1.807) is 7.11 Å². The molecule has 1 amide bonds. The van der Waals surface area contributed by atoms with Crippen LogP contribution in [-0.2, 0) is 4.74 Å². The average Bonchev–Trinajstić information content (AvgIpc) is 2.29. The highest BCUT2D eigenvalue weighted by Gasteiger charge is 2.12. The molecule has 5 nitrogen and oxygen atoms in total. The fourth-order valence-corrected chi connectivity index (χ4v) is 1.18. The van der Waals surface area contributed by atoms with Crippen molar-refractivity contribution < 1.29 is 9.53 Å². The smallest absolute Gasteiger partial charge is 0.254 e. The minimum atomic E-state index is -0.252. The van der Waals surface area contributed by atoms with E-state index in [9.17, 15) is 4.79 Å². The highest BCUT2D eigenvalue weighted by Crippen LogP contribution is 1.96. The molecule has 0 fully saturated rings. The minimum Gasteiger partial charge on any atom is -0.383 e. The maximum atomic E-state index is 11.6. The van der Waals surface area contributed by atoms with Crippen molar-refractivity contribution in [3.63, 3.8) is 0 Å². The fourth-order valence-electron chi connectivity index (χ4n) is 1.01. The molecule has 1 unspecified atom stereocenters. The van der Waals surface area contributed by atoms with Crippen LogP contribution in [0.2, 0.25) is 0 Å². The first-order chi connectivity index (χ1) is 7.27. The molecule has 0 saturated heterocycles. The van der Waals surface area contributed by atoms with E-state index in [0.717, 1.165) is 0 Å². The lowest BCUT2D eigenvalue weighted by Gasteiger charge is -2.14. The van der Waals surface area contributed by atoms with E-state index in [0.29, 0.717) is 18.1 Å². The molecular weight excluding hydrogens is 218 g/mol. The summed E-state index contributed by atoms with van der Waals surface area (Å²) in [7, 11) is 1.55. The molecule has 1 heterocycles. The number of carbonyl (C=O) groups excluding carboxylic acids is 1. The lowest BCUT2D eigenvalue weighted by atomic mass is 10.3. The van der Waals surface area contributed by atoms with Crippen molar-refractivity contribution in [2.75, 3.05) is 19.6 Å². The van der Waals surface area contributed by atoms with Crippen LogP contribution >= 0.6 is 11.6 Å². The van der Waals surface area contributed by atoms with Gasteiger partial charge in [0.05, 0.1) is 18.2 Å². The molecule has 0 saturated carbocycles. The van der Waals surface area contributed by atoms with Crippen LogP contribution in [-0.4, -0.2) is 41.5 Å². The number of alkyl halides is 1. The van der Waals surface area contributed by atoms with Crippen LogP contribution in [0.3, 0.4) is 0 Å². The molecule has 1 aromatic rings. The molecule has 0 aliphatic carbocycles. The maximum Gasteiger partial charge on any atom is 0.254 e. The van der Waals surface area contributed by atoms with E-state index in [4.69, 9.17) is 16.3 Å². The highest BCUT2D eigenvalue weighted by atomic mass is 35.5. The number of halogens is 1. The van der Waals surface area contributed by atoms with Crippen molar-refractivity contribution in [3.05, 3.63) is 24.3 Å². The summed E-state index contributed by atoms with van der Waals surface area (Å²) in [6, 6.07) is -0.204.